The Bertz CT molecular complexity index is 1200. The minimum absolute atomic E-state index is 0.00477. The van der Waals surface area contributed by atoms with Gasteiger partial charge in [0.15, 0.2) is 6.29 Å². The summed E-state index contributed by atoms with van der Waals surface area (Å²) in [5, 5.41) is 10.1. The maximum absolute atomic E-state index is 14.5. The van der Waals surface area contributed by atoms with Gasteiger partial charge in [-0.15, -0.1) is 0 Å². The topological polar surface area (TPSA) is 68.0 Å². The first-order chi connectivity index (χ1) is 14.6. The average Bonchev–Trinajstić information content (AvgIpc) is 2.72. The number of hydrogen-bond acceptors (Lipinski definition) is 4. The molecule has 0 aliphatic heterocycles. The van der Waals surface area contributed by atoms with Gasteiger partial charge in [0, 0.05) is 22.1 Å². The number of aromatic nitrogens is 1. The van der Waals surface area contributed by atoms with Crippen molar-refractivity contribution in [1.82, 2.24) is 4.40 Å². The van der Waals surface area contributed by atoms with Gasteiger partial charge in [-0.05, 0) is 62.9 Å². The van der Waals surface area contributed by atoms with E-state index in [-0.39, 0.29) is 35.7 Å². The summed E-state index contributed by atoms with van der Waals surface area (Å²) in [6.45, 7) is 5.79. The van der Waals surface area contributed by atoms with E-state index in [0.29, 0.717) is 37.8 Å². The van der Waals surface area contributed by atoms with Crippen LogP contribution in [0.4, 0.5) is 4.39 Å². The van der Waals surface area contributed by atoms with Crippen molar-refractivity contribution in [2.45, 2.75) is 33.1 Å². The summed E-state index contributed by atoms with van der Waals surface area (Å²) in [7, 11) is 1.50. The molecule has 1 aromatic carbocycles. The zero-order valence-corrected chi connectivity index (χ0v) is 20.1. The Kier molecular flexibility index (Phi) is 6.85. The summed E-state index contributed by atoms with van der Waals surface area (Å²) in [4.78, 5) is 24.6. The Labute approximate surface area is 194 Å². The summed E-state index contributed by atoms with van der Waals surface area (Å²) in [5.74, 6) is -0.213. The third kappa shape index (κ3) is 4.52. The lowest BCUT2D eigenvalue weighted by atomic mass is 9.76. The van der Waals surface area contributed by atoms with Crippen LogP contribution in [0.15, 0.2) is 41.3 Å². The summed E-state index contributed by atoms with van der Waals surface area (Å²) >= 11 is 1.94. The number of benzene rings is 1. The van der Waals surface area contributed by atoms with Crippen LogP contribution < -0.4 is 10.3 Å². The van der Waals surface area contributed by atoms with E-state index in [4.69, 9.17) is 4.74 Å². The second kappa shape index (κ2) is 9.08. The molecule has 0 radical (unpaired) electrons. The number of nitrogens with zero attached hydrogens (tertiary/aromatic N) is 1. The van der Waals surface area contributed by atoms with Gasteiger partial charge in [-0.3, -0.25) is 14.0 Å². The zero-order chi connectivity index (χ0) is 22.9. The van der Waals surface area contributed by atoms with Crippen molar-refractivity contribution in [2.24, 2.45) is 5.41 Å². The molecule has 2 aromatic heterocycles. The molecule has 0 fully saturated rings. The molecule has 3 aromatic rings. The number of hydrogen-bond donors (Lipinski definition) is 1. The van der Waals surface area contributed by atoms with Gasteiger partial charge in [0.05, 0.1) is 24.8 Å². The van der Waals surface area contributed by atoms with Crippen LogP contribution in [0.1, 0.15) is 53.7 Å². The standard InChI is InChI=1S/C24H25FINO4/c1-24(2,3)18(13-29)17-10-16(12-28)23(30)27-11-14(9-20(31-4)22(17)27)8-15-6-5-7-19(26)21(15)25/h5-7,9-12,18,29H,8,13H2,1-4H3/t18-/m0/s1. The third-order valence-corrected chi connectivity index (χ3v) is 6.35. The molecule has 31 heavy (non-hydrogen) atoms. The van der Waals surface area contributed by atoms with Gasteiger partial charge in [-0.1, -0.05) is 32.9 Å². The highest BCUT2D eigenvalue weighted by atomic mass is 127. The van der Waals surface area contributed by atoms with Gasteiger partial charge in [0.25, 0.3) is 5.56 Å². The minimum Gasteiger partial charge on any atom is -0.495 e. The first kappa shape index (κ1) is 23.4. The monoisotopic (exact) mass is 537 g/mol. The predicted molar refractivity (Wildman–Crippen MR) is 127 cm³/mol. The van der Waals surface area contributed by atoms with Crippen LogP contribution in [0.2, 0.25) is 0 Å². The lowest BCUT2D eigenvalue weighted by Gasteiger charge is -2.31. The fraction of sp³-hybridized carbons (Fsp3) is 0.333. The Hall–Kier alpha value is -2.26. The number of halogens is 2. The van der Waals surface area contributed by atoms with Gasteiger partial charge in [0.2, 0.25) is 0 Å². The fourth-order valence-electron chi connectivity index (χ4n) is 3.85. The molecule has 2 heterocycles. The normalized spacial score (nSPS) is 12.7. The van der Waals surface area contributed by atoms with Crippen molar-refractivity contribution in [3.8, 4) is 5.75 Å². The highest BCUT2D eigenvalue weighted by molar-refractivity contribution is 14.1. The van der Waals surface area contributed by atoms with E-state index in [0.717, 1.165) is 0 Å². The predicted octanol–water partition coefficient (Wildman–Crippen LogP) is 4.58. The SMILES string of the molecule is COc1cc(Cc2cccc(I)c2F)cn2c(=O)c(C=O)cc([C@H](CO)C(C)(C)C)c12. The number of aliphatic hydroxyl groups excluding tert-OH is 1. The molecule has 0 aliphatic rings. The van der Waals surface area contributed by atoms with E-state index in [2.05, 4.69) is 0 Å². The number of aldehydes is 1. The smallest absolute Gasteiger partial charge is 0.265 e. The van der Waals surface area contributed by atoms with Crippen LogP contribution >= 0.6 is 22.6 Å². The molecule has 5 nitrogen and oxygen atoms in total. The van der Waals surface area contributed by atoms with Crippen molar-refractivity contribution < 1.29 is 19.0 Å². The lowest BCUT2D eigenvalue weighted by Crippen LogP contribution is -2.27. The molecule has 0 unspecified atom stereocenters. The molecule has 0 spiro atoms. The van der Waals surface area contributed by atoms with Gasteiger partial charge < -0.3 is 9.84 Å². The Morgan fingerprint density at radius 3 is 2.58 bits per heavy atom. The summed E-state index contributed by atoms with van der Waals surface area (Å²) < 4.78 is 22.1. The maximum Gasteiger partial charge on any atom is 0.265 e. The molecular weight excluding hydrogens is 512 g/mol. The molecule has 0 saturated heterocycles. The molecule has 0 aliphatic carbocycles. The first-order valence-electron chi connectivity index (χ1n) is 9.87. The third-order valence-electron chi connectivity index (χ3n) is 5.51. The summed E-state index contributed by atoms with van der Waals surface area (Å²) in [6.07, 6.45) is 2.39. The highest BCUT2D eigenvalue weighted by Gasteiger charge is 2.30. The van der Waals surface area contributed by atoms with Gasteiger partial charge in [-0.25, -0.2) is 4.39 Å². The molecule has 1 N–H and O–H groups in total. The lowest BCUT2D eigenvalue weighted by molar-refractivity contribution is 0.112. The zero-order valence-electron chi connectivity index (χ0n) is 17.9. The molecule has 0 amide bonds. The van der Waals surface area contributed by atoms with Crippen molar-refractivity contribution in [3.05, 3.63) is 78.5 Å². The summed E-state index contributed by atoms with van der Waals surface area (Å²) in [6, 6.07) is 8.48. The van der Waals surface area contributed by atoms with E-state index < -0.39 is 5.56 Å². The quantitative estimate of drug-likeness (QED) is 0.370. The summed E-state index contributed by atoms with van der Waals surface area (Å²) in [5.41, 5.74) is 1.49. The van der Waals surface area contributed by atoms with E-state index in [1.807, 2.05) is 43.4 Å². The number of rotatable bonds is 6. The van der Waals surface area contributed by atoms with E-state index >= 15 is 0 Å². The Morgan fingerprint density at radius 2 is 2.00 bits per heavy atom. The molecule has 0 bridgehead atoms. The van der Waals surface area contributed by atoms with Crippen LogP contribution in [-0.4, -0.2) is 29.5 Å². The maximum atomic E-state index is 14.5. The van der Waals surface area contributed by atoms with Crippen molar-refractivity contribution in [2.75, 3.05) is 13.7 Å². The Balaban J connectivity index is 2.32. The van der Waals surface area contributed by atoms with Crippen LogP contribution in [0.5, 0.6) is 5.75 Å². The molecule has 164 valence electrons. The van der Waals surface area contributed by atoms with Crippen LogP contribution in [0.3, 0.4) is 0 Å². The van der Waals surface area contributed by atoms with Gasteiger partial charge >= 0.3 is 0 Å². The number of fused-ring (bicyclic) bond motifs is 1. The number of pyridine rings is 2. The number of aliphatic hydroxyl groups is 1. The van der Waals surface area contributed by atoms with E-state index in [9.17, 15) is 19.1 Å². The van der Waals surface area contributed by atoms with Crippen molar-refractivity contribution >= 4 is 34.4 Å². The number of carbonyl (C=O) groups is 1. The average molecular weight is 537 g/mol. The molecule has 0 saturated carbocycles. The van der Waals surface area contributed by atoms with E-state index in [1.54, 1.807) is 30.5 Å². The molecular formula is C24H25FINO4. The molecule has 3 rings (SSSR count). The first-order valence-corrected chi connectivity index (χ1v) is 10.9. The van der Waals surface area contributed by atoms with Gasteiger partial charge in [0.1, 0.15) is 11.6 Å². The van der Waals surface area contributed by atoms with Crippen LogP contribution in [-0.2, 0) is 6.42 Å². The highest BCUT2D eigenvalue weighted by Crippen LogP contribution is 2.39. The molecule has 1 atom stereocenters. The Morgan fingerprint density at radius 1 is 1.29 bits per heavy atom. The number of methoxy groups -OCH3 is 1. The fourth-order valence-corrected chi connectivity index (χ4v) is 4.40. The van der Waals surface area contributed by atoms with Crippen molar-refractivity contribution in [1.29, 1.82) is 0 Å². The van der Waals surface area contributed by atoms with Gasteiger partial charge in [-0.2, -0.15) is 0 Å². The van der Waals surface area contributed by atoms with E-state index in [1.165, 1.54) is 17.6 Å². The second-order valence-electron chi connectivity index (χ2n) is 8.60. The van der Waals surface area contributed by atoms with Crippen LogP contribution in [0.25, 0.3) is 5.52 Å². The largest absolute Gasteiger partial charge is 0.495 e. The van der Waals surface area contributed by atoms with Crippen molar-refractivity contribution in [3.63, 3.8) is 0 Å². The number of carbonyl (C=O) groups excluding carboxylic acids is 1. The molecule has 7 heteroatoms. The number of ether oxygens (including phenoxy) is 1. The minimum atomic E-state index is -0.484. The van der Waals surface area contributed by atoms with Crippen LogP contribution in [0, 0.1) is 14.8 Å². The second-order valence-corrected chi connectivity index (χ2v) is 9.77.